The summed E-state index contributed by atoms with van der Waals surface area (Å²) in [7, 11) is -4.15. The maximum absolute atomic E-state index is 13.3. The van der Waals surface area contributed by atoms with Gasteiger partial charge in [0, 0.05) is 18.1 Å². The van der Waals surface area contributed by atoms with Crippen LogP contribution in [0.3, 0.4) is 0 Å². The molecule has 0 bridgehead atoms. The molecule has 7 nitrogen and oxygen atoms in total. The van der Waals surface area contributed by atoms with Gasteiger partial charge in [-0.15, -0.1) is 0 Å². The third-order valence-electron chi connectivity index (χ3n) is 5.12. The molecular formula is C23H27ClF3N3O4S. The summed E-state index contributed by atoms with van der Waals surface area (Å²) in [5.41, 5.74) is -0.741. The number of anilines is 1. The van der Waals surface area contributed by atoms with Crippen LogP contribution in [0.1, 0.15) is 31.4 Å². The van der Waals surface area contributed by atoms with Crippen LogP contribution >= 0.6 is 11.6 Å². The summed E-state index contributed by atoms with van der Waals surface area (Å²) >= 11 is 5.91. The van der Waals surface area contributed by atoms with Crippen LogP contribution in [0, 0.1) is 0 Å². The molecule has 0 spiro atoms. The maximum Gasteiger partial charge on any atom is 0.416 e. The minimum absolute atomic E-state index is 0.0447. The van der Waals surface area contributed by atoms with Gasteiger partial charge in [-0.1, -0.05) is 36.7 Å². The van der Waals surface area contributed by atoms with Crippen molar-refractivity contribution in [2.45, 2.75) is 39.0 Å². The number of nitrogens with one attached hydrogen (secondary N) is 1. The molecule has 0 aromatic heterocycles. The van der Waals surface area contributed by atoms with Crippen molar-refractivity contribution in [1.29, 1.82) is 0 Å². The number of nitrogens with zero attached hydrogens (tertiary/aromatic N) is 2. The first-order valence-electron chi connectivity index (χ1n) is 10.7. The Kier molecular flexibility index (Phi) is 9.56. The molecule has 2 rings (SSSR count). The van der Waals surface area contributed by atoms with E-state index in [9.17, 15) is 31.2 Å². The molecule has 2 amide bonds. The van der Waals surface area contributed by atoms with Crippen molar-refractivity contribution in [3.05, 3.63) is 64.7 Å². The Bertz CT molecular complexity index is 1140. The van der Waals surface area contributed by atoms with Crippen molar-refractivity contribution in [1.82, 2.24) is 10.2 Å². The molecule has 0 fully saturated rings. The van der Waals surface area contributed by atoms with E-state index in [1.54, 1.807) is 24.3 Å². The third-order valence-corrected chi connectivity index (χ3v) is 6.52. The fourth-order valence-electron chi connectivity index (χ4n) is 3.22. The summed E-state index contributed by atoms with van der Waals surface area (Å²) < 4.78 is 65.1. The highest BCUT2D eigenvalue weighted by molar-refractivity contribution is 7.92. The Morgan fingerprint density at radius 1 is 1.11 bits per heavy atom. The first-order valence-corrected chi connectivity index (χ1v) is 12.9. The van der Waals surface area contributed by atoms with Crippen molar-refractivity contribution in [3.8, 4) is 0 Å². The predicted octanol–water partition coefficient (Wildman–Crippen LogP) is 4.07. The lowest BCUT2D eigenvalue weighted by atomic mass is 10.1. The van der Waals surface area contributed by atoms with E-state index >= 15 is 0 Å². The molecule has 2 aromatic carbocycles. The number of carbonyl (C=O) groups is 2. The standard InChI is InChI=1S/C23H27ClF3N3O4S/c1-4-12-28-22(32)16(2)29(14-17-8-10-19(24)11-9-17)21(31)15-30(35(3,33)34)20-7-5-6-18(13-20)23(25,26)27/h5-11,13,16H,4,12,14-15H2,1-3H3,(H,28,32)/t16-/m1/s1. The van der Waals surface area contributed by atoms with Gasteiger partial charge in [0.15, 0.2) is 0 Å². The second-order valence-corrected chi connectivity index (χ2v) is 10.3. The van der Waals surface area contributed by atoms with Gasteiger partial charge in [0.25, 0.3) is 0 Å². The number of sulfonamides is 1. The molecule has 35 heavy (non-hydrogen) atoms. The van der Waals surface area contributed by atoms with Gasteiger partial charge >= 0.3 is 6.18 Å². The Morgan fingerprint density at radius 3 is 2.29 bits per heavy atom. The zero-order valence-electron chi connectivity index (χ0n) is 19.5. The van der Waals surface area contributed by atoms with E-state index in [2.05, 4.69) is 5.32 Å². The Labute approximate surface area is 207 Å². The number of rotatable bonds is 10. The highest BCUT2D eigenvalue weighted by atomic mass is 35.5. The lowest BCUT2D eigenvalue weighted by Crippen LogP contribution is -2.51. The third kappa shape index (κ3) is 8.14. The molecule has 1 atom stereocenters. The minimum Gasteiger partial charge on any atom is -0.354 e. The van der Waals surface area contributed by atoms with Crippen LogP contribution in [-0.4, -0.2) is 50.5 Å². The van der Waals surface area contributed by atoms with Crippen LogP contribution in [0.15, 0.2) is 48.5 Å². The molecule has 0 aliphatic heterocycles. The van der Waals surface area contributed by atoms with Crippen LogP contribution in [0.2, 0.25) is 5.02 Å². The molecule has 1 N–H and O–H groups in total. The molecule has 2 aromatic rings. The number of hydrogen-bond donors (Lipinski definition) is 1. The SMILES string of the molecule is CCCNC(=O)[C@@H](C)N(Cc1ccc(Cl)cc1)C(=O)CN(c1cccc(C(F)(F)F)c1)S(C)(=O)=O. The number of alkyl halides is 3. The summed E-state index contributed by atoms with van der Waals surface area (Å²) in [6.07, 6.45) is -3.24. The average molecular weight is 534 g/mol. The van der Waals surface area contributed by atoms with Crippen molar-refractivity contribution in [2.75, 3.05) is 23.7 Å². The molecular weight excluding hydrogens is 507 g/mol. The highest BCUT2D eigenvalue weighted by Crippen LogP contribution is 2.32. The molecule has 0 heterocycles. The quantitative estimate of drug-likeness (QED) is 0.499. The van der Waals surface area contributed by atoms with Crippen molar-refractivity contribution in [3.63, 3.8) is 0 Å². The lowest BCUT2D eigenvalue weighted by Gasteiger charge is -2.31. The van der Waals surface area contributed by atoms with Crippen LogP contribution in [-0.2, 0) is 32.3 Å². The molecule has 0 radical (unpaired) electrons. The van der Waals surface area contributed by atoms with E-state index in [0.29, 0.717) is 33.9 Å². The van der Waals surface area contributed by atoms with Crippen LogP contribution in [0.5, 0.6) is 0 Å². The van der Waals surface area contributed by atoms with Crippen molar-refractivity contribution >= 4 is 39.1 Å². The monoisotopic (exact) mass is 533 g/mol. The van der Waals surface area contributed by atoms with Gasteiger partial charge < -0.3 is 10.2 Å². The molecule has 192 valence electrons. The normalized spacial score (nSPS) is 12.7. The Balaban J connectivity index is 2.41. The molecule has 0 unspecified atom stereocenters. The van der Waals surface area contributed by atoms with Crippen molar-refractivity contribution in [2.24, 2.45) is 0 Å². The van der Waals surface area contributed by atoms with Crippen molar-refractivity contribution < 1.29 is 31.2 Å². The largest absolute Gasteiger partial charge is 0.416 e. The minimum atomic E-state index is -4.70. The molecule has 0 saturated carbocycles. The van der Waals surface area contributed by atoms with Gasteiger partial charge in [-0.3, -0.25) is 13.9 Å². The van der Waals surface area contributed by atoms with E-state index in [1.165, 1.54) is 17.9 Å². The Morgan fingerprint density at radius 2 is 1.74 bits per heavy atom. The number of amides is 2. The smallest absolute Gasteiger partial charge is 0.354 e. The van der Waals surface area contributed by atoms with Gasteiger partial charge in [-0.2, -0.15) is 13.2 Å². The zero-order valence-corrected chi connectivity index (χ0v) is 21.0. The molecule has 0 aliphatic rings. The van der Waals surface area contributed by atoms with Gasteiger partial charge in [0.05, 0.1) is 17.5 Å². The van der Waals surface area contributed by atoms with E-state index < -0.39 is 46.2 Å². The number of halogens is 4. The molecule has 12 heteroatoms. The van der Waals surface area contributed by atoms with E-state index in [4.69, 9.17) is 11.6 Å². The average Bonchev–Trinajstić information content (AvgIpc) is 2.78. The summed E-state index contributed by atoms with van der Waals surface area (Å²) in [5.74, 6) is -1.21. The zero-order chi connectivity index (χ0) is 26.4. The fraction of sp³-hybridized carbons (Fsp3) is 0.391. The van der Waals surface area contributed by atoms with E-state index in [1.807, 2.05) is 6.92 Å². The predicted molar refractivity (Wildman–Crippen MR) is 128 cm³/mol. The highest BCUT2D eigenvalue weighted by Gasteiger charge is 2.33. The summed E-state index contributed by atoms with van der Waals surface area (Å²) in [6.45, 7) is 2.90. The number of carbonyl (C=O) groups excluding carboxylic acids is 2. The Hall–Kier alpha value is -2.79. The van der Waals surface area contributed by atoms with Gasteiger partial charge in [-0.05, 0) is 49.2 Å². The first kappa shape index (κ1) is 28.4. The van der Waals surface area contributed by atoms with E-state index in [0.717, 1.165) is 18.4 Å². The summed E-state index contributed by atoms with van der Waals surface area (Å²) in [4.78, 5) is 27.1. The lowest BCUT2D eigenvalue weighted by molar-refractivity contribution is -0.139. The maximum atomic E-state index is 13.3. The number of benzene rings is 2. The molecule has 0 aliphatic carbocycles. The summed E-state index contributed by atoms with van der Waals surface area (Å²) in [5, 5.41) is 3.16. The topological polar surface area (TPSA) is 86.8 Å². The van der Waals surface area contributed by atoms with Gasteiger partial charge in [-0.25, -0.2) is 8.42 Å². The van der Waals surface area contributed by atoms with Gasteiger partial charge in [0.1, 0.15) is 12.6 Å². The molecule has 0 saturated heterocycles. The second-order valence-electron chi connectivity index (χ2n) is 7.93. The van der Waals surface area contributed by atoms with Gasteiger partial charge in [0.2, 0.25) is 21.8 Å². The van der Waals surface area contributed by atoms with E-state index in [-0.39, 0.29) is 12.2 Å². The second kappa shape index (κ2) is 11.8. The number of hydrogen-bond acceptors (Lipinski definition) is 4. The van der Waals surface area contributed by atoms with Crippen LogP contribution < -0.4 is 9.62 Å². The fourth-order valence-corrected chi connectivity index (χ4v) is 4.18. The summed E-state index contributed by atoms with van der Waals surface area (Å²) in [6, 6.07) is 9.24. The van der Waals surface area contributed by atoms with Crippen LogP contribution in [0.4, 0.5) is 18.9 Å². The van der Waals surface area contributed by atoms with Crippen LogP contribution in [0.25, 0.3) is 0 Å². The first-order chi connectivity index (χ1) is 16.2.